The molecule has 4 rings (SSSR count). The van der Waals surface area contributed by atoms with Gasteiger partial charge >= 0.3 is 12.2 Å². The minimum absolute atomic E-state index is 0.0214. The van der Waals surface area contributed by atoms with Crippen LogP contribution >= 0.6 is 0 Å². The van der Waals surface area contributed by atoms with E-state index in [1.807, 2.05) is 0 Å². The number of hydrogen-bond acceptors (Lipinski definition) is 7. The first-order valence-corrected chi connectivity index (χ1v) is 12.4. The lowest BCUT2D eigenvalue weighted by Crippen LogP contribution is -2.69. The molecule has 0 atom stereocenters. The first kappa shape index (κ1) is 29.1. The molecule has 3 aromatic rings. The van der Waals surface area contributed by atoms with Crippen LogP contribution in [-0.4, -0.2) is 76.5 Å². The number of ether oxygens (including phenoxy) is 1. The molecule has 0 bridgehead atoms. The number of nitrogens with zero attached hydrogens (tertiary/aromatic N) is 5. The minimum Gasteiger partial charge on any atom is -0.381 e. The molecule has 0 unspecified atom stereocenters. The maximum Gasteiger partial charge on any atom is 0.405 e. The highest BCUT2D eigenvalue weighted by Gasteiger charge is 2.44. The van der Waals surface area contributed by atoms with E-state index >= 15 is 0 Å². The van der Waals surface area contributed by atoms with Crippen LogP contribution < -0.4 is 16.0 Å². The predicted octanol–water partition coefficient (Wildman–Crippen LogP) is 3.34. The van der Waals surface area contributed by atoms with Gasteiger partial charge in [0.05, 0.1) is 36.1 Å². The SMILES string of the molecule is C=C/C(=C\NC1(CC#N)CN(C(=O)COC)C1)c1cnn2c(-c3cccc(NC(=O)NCC(F)(F)F)c3)cnc2c1. The number of amides is 3. The lowest BCUT2D eigenvalue weighted by molar-refractivity contribution is -0.143. The second kappa shape index (κ2) is 12.1. The first-order valence-electron chi connectivity index (χ1n) is 12.4. The third kappa shape index (κ3) is 7.00. The fourth-order valence-corrected chi connectivity index (χ4v) is 4.31. The number of fused-ring (bicyclic) bond motifs is 1. The second-order valence-corrected chi connectivity index (χ2v) is 9.41. The van der Waals surface area contributed by atoms with Gasteiger partial charge < -0.3 is 25.6 Å². The van der Waals surface area contributed by atoms with Crippen molar-refractivity contribution in [1.29, 1.82) is 5.26 Å². The lowest BCUT2D eigenvalue weighted by Gasteiger charge is -2.49. The maximum atomic E-state index is 12.4. The molecule has 1 aliphatic rings. The summed E-state index contributed by atoms with van der Waals surface area (Å²) in [5, 5.41) is 21.2. The number of nitriles is 1. The molecule has 2 aromatic heterocycles. The van der Waals surface area contributed by atoms with Crippen LogP contribution in [0.5, 0.6) is 0 Å². The fourth-order valence-electron chi connectivity index (χ4n) is 4.31. The minimum atomic E-state index is -4.52. The molecule has 3 amide bonds. The molecular weight excluding hydrogens is 541 g/mol. The van der Waals surface area contributed by atoms with Crippen molar-refractivity contribution in [3.63, 3.8) is 0 Å². The highest BCUT2D eigenvalue weighted by molar-refractivity contribution is 5.90. The number of halogens is 3. The average Bonchev–Trinajstić information content (AvgIpc) is 3.34. The number of likely N-dealkylation sites (tertiary alicyclic amines) is 1. The standard InChI is InChI=1S/C27H27F3N8O3/c1-3-18(11-34-26(7-8-31)16-37(17-26)24(39)14-41-2)20-10-23-32-13-22(38(23)35-12-20)19-5-4-6-21(9-19)36-25(40)33-15-27(28,29)30/h3-6,9-13,34H,1,7,14-17H2,2H3,(H2,33,36,40)/b18-11+. The van der Waals surface area contributed by atoms with E-state index in [-0.39, 0.29) is 18.9 Å². The molecule has 11 nitrogen and oxygen atoms in total. The summed E-state index contributed by atoms with van der Waals surface area (Å²) in [6, 6.07) is 9.53. The van der Waals surface area contributed by atoms with Crippen LogP contribution in [0.1, 0.15) is 12.0 Å². The summed E-state index contributed by atoms with van der Waals surface area (Å²) in [5.74, 6) is -0.147. The van der Waals surface area contributed by atoms with Gasteiger partial charge in [0.15, 0.2) is 5.65 Å². The number of hydrogen-bond donors (Lipinski definition) is 3. The van der Waals surface area contributed by atoms with Crippen LogP contribution in [0.25, 0.3) is 22.5 Å². The highest BCUT2D eigenvalue weighted by Crippen LogP contribution is 2.27. The number of carbonyl (C=O) groups is 2. The van der Waals surface area contributed by atoms with E-state index in [1.54, 1.807) is 69.7 Å². The van der Waals surface area contributed by atoms with Crippen molar-refractivity contribution < 1.29 is 27.5 Å². The first-order chi connectivity index (χ1) is 19.6. The Bertz CT molecular complexity index is 1520. The van der Waals surface area contributed by atoms with Crippen LogP contribution in [-0.2, 0) is 9.53 Å². The van der Waals surface area contributed by atoms with Gasteiger partial charge in [0, 0.05) is 43.2 Å². The van der Waals surface area contributed by atoms with Crippen molar-refractivity contribution in [2.75, 3.05) is 38.7 Å². The zero-order valence-electron chi connectivity index (χ0n) is 22.0. The molecule has 1 aromatic carbocycles. The summed E-state index contributed by atoms with van der Waals surface area (Å²) < 4.78 is 43.6. The van der Waals surface area contributed by atoms with Gasteiger partial charge in [-0.05, 0) is 23.8 Å². The molecule has 1 fully saturated rings. The zero-order valence-corrected chi connectivity index (χ0v) is 22.0. The summed E-state index contributed by atoms with van der Waals surface area (Å²) in [6.45, 7) is 3.14. The van der Waals surface area contributed by atoms with Gasteiger partial charge in [-0.25, -0.2) is 14.3 Å². The summed E-state index contributed by atoms with van der Waals surface area (Å²) in [5.41, 5.74) is 2.83. The van der Waals surface area contributed by atoms with Gasteiger partial charge in [-0.15, -0.1) is 0 Å². The Labute approximate surface area is 233 Å². The van der Waals surface area contributed by atoms with E-state index in [0.717, 1.165) is 0 Å². The Morgan fingerprint density at radius 1 is 1.27 bits per heavy atom. The third-order valence-corrected chi connectivity index (χ3v) is 6.34. The molecule has 1 aliphatic heterocycles. The number of benzene rings is 1. The Hall–Kier alpha value is -4.90. The number of anilines is 1. The summed E-state index contributed by atoms with van der Waals surface area (Å²) in [6.07, 6.45) is 2.26. The van der Waals surface area contributed by atoms with Gasteiger partial charge in [-0.1, -0.05) is 24.8 Å². The van der Waals surface area contributed by atoms with Crippen molar-refractivity contribution >= 4 is 28.8 Å². The molecule has 1 saturated heterocycles. The smallest absolute Gasteiger partial charge is 0.381 e. The van der Waals surface area contributed by atoms with E-state index in [9.17, 15) is 28.0 Å². The molecular formula is C27H27F3N8O3. The molecule has 0 saturated carbocycles. The lowest BCUT2D eigenvalue weighted by atomic mass is 9.86. The number of allylic oxidation sites excluding steroid dienone is 2. The number of imidazole rings is 1. The second-order valence-electron chi connectivity index (χ2n) is 9.41. The molecule has 3 heterocycles. The van der Waals surface area contributed by atoms with E-state index in [2.05, 4.69) is 33.4 Å². The number of aromatic nitrogens is 3. The van der Waals surface area contributed by atoms with Gasteiger partial charge in [-0.3, -0.25) is 4.79 Å². The van der Waals surface area contributed by atoms with Crippen molar-refractivity contribution in [2.45, 2.75) is 18.1 Å². The van der Waals surface area contributed by atoms with Gasteiger partial charge in [0.25, 0.3) is 0 Å². The number of urea groups is 1. The van der Waals surface area contributed by atoms with Crippen molar-refractivity contribution in [1.82, 2.24) is 30.1 Å². The van der Waals surface area contributed by atoms with Crippen molar-refractivity contribution in [3.05, 3.63) is 67.1 Å². The normalized spacial score (nSPS) is 14.6. The average molecular weight is 569 g/mol. The fraction of sp³-hybridized carbons (Fsp3) is 0.296. The number of nitrogens with one attached hydrogen (secondary N) is 3. The van der Waals surface area contributed by atoms with E-state index in [0.29, 0.717) is 46.8 Å². The Kier molecular flexibility index (Phi) is 8.58. The summed E-state index contributed by atoms with van der Waals surface area (Å²) >= 11 is 0. The largest absolute Gasteiger partial charge is 0.405 e. The monoisotopic (exact) mass is 568 g/mol. The molecule has 0 spiro atoms. The van der Waals surface area contributed by atoms with E-state index in [4.69, 9.17) is 4.74 Å². The summed E-state index contributed by atoms with van der Waals surface area (Å²) in [4.78, 5) is 30.0. The molecule has 214 valence electrons. The maximum absolute atomic E-state index is 12.4. The van der Waals surface area contributed by atoms with Crippen LogP contribution in [0, 0.1) is 11.3 Å². The Balaban J connectivity index is 1.50. The number of methoxy groups -OCH3 is 1. The van der Waals surface area contributed by atoms with Crippen molar-refractivity contribution in [2.24, 2.45) is 0 Å². The van der Waals surface area contributed by atoms with Crippen LogP contribution in [0.4, 0.5) is 23.7 Å². The number of carbonyl (C=O) groups excluding carboxylic acids is 2. The highest BCUT2D eigenvalue weighted by atomic mass is 19.4. The zero-order chi connectivity index (χ0) is 29.6. The Morgan fingerprint density at radius 2 is 2.05 bits per heavy atom. The van der Waals surface area contributed by atoms with Crippen LogP contribution in [0.2, 0.25) is 0 Å². The number of rotatable bonds is 10. The molecule has 14 heteroatoms. The summed E-state index contributed by atoms with van der Waals surface area (Å²) in [7, 11) is 1.45. The molecule has 0 radical (unpaired) electrons. The number of alkyl halides is 3. The predicted molar refractivity (Wildman–Crippen MR) is 144 cm³/mol. The third-order valence-electron chi connectivity index (χ3n) is 6.34. The molecule has 3 N–H and O–H groups in total. The molecule has 41 heavy (non-hydrogen) atoms. The van der Waals surface area contributed by atoms with Gasteiger partial charge in [-0.2, -0.15) is 23.5 Å². The van der Waals surface area contributed by atoms with Crippen LogP contribution in [0.15, 0.2) is 61.6 Å². The Morgan fingerprint density at radius 3 is 2.73 bits per heavy atom. The van der Waals surface area contributed by atoms with E-state index < -0.39 is 24.3 Å². The van der Waals surface area contributed by atoms with E-state index in [1.165, 1.54) is 7.11 Å². The van der Waals surface area contributed by atoms with Gasteiger partial charge in [0.2, 0.25) is 5.91 Å². The quantitative estimate of drug-likeness (QED) is 0.319. The molecule has 0 aliphatic carbocycles. The van der Waals surface area contributed by atoms with Crippen molar-refractivity contribution in [3.8, 4) is 17.3 Å². The topological polar surface area (TPSA) is 137 Å². The van der Waals surface area contributed by atoms with Crippen LogP contribution in [0.3, 0.4) is 0 Å². The van der Waals surface area contributed by atoms with Gasteiger partial charge in [0.1, 0.15) is 13.2 Å².